The van der Waals surface area contributed by atoms with Gasteiger partial charge in [-0.25, -0.2) is 8.78 Å². The molecule has 0 radical (unpaired) electrons. The summed E-state index contributed by atoms with van der Waals surface area (Å²) in [5, 5.41) is 0. The van der Waals surface area contributed by atoms with Crippen LogP contribution in [0.15, 0.2) is 0 Å². The summed E-state index contributed by atoms with van der Waals surface area (Å²) in [6.45, 7) is 6.87. The summed E-state index contributed by atoms with van der Waals surface area (Å²) in [7, 11) is 1.73. The number of thiol groups is 1. The fraction of sp³-hybridized carbons (Fsp3) is 1.00. The average molecular weight is 225 g/mol. The molecule has 0 spiro atoms. The normalized spacial score (nSPS) is 15.2. The topological polar surface area (TPSA) is 3.24 Å². The van der Waals surface area contributed by atoms with Crippen molar-refractivity contribution in [2.75, 3.05) is 25.9 Å². The van der Waals surface area contributed by atoms with E-state index in [2.05, 4.69) is 33.4 Å². The highest BCUT2D eigenvalue weighted by molar-refractivity contribution is 7.80. The molecule has 0 rings (SSSR count). The van der Waals surface area contributed by atoms with Crippen LogP contribution in [0.25, 0.3) is 0 Å². The first-order valence-electron chi connectivity index (χ1n) is 4.85. The Kier molecular flexibility index (Phi) is 5.98. The second kappa shape index (κ2) is 5.91. The molecule has 86 valence electrons. The molecule has 0 bridgehead atoms. The number of nitrogens with zero attached hydrogens (tertiary/aromatic N) is 1. The summed E-state index contributed by atoms with van der Waals surface area (Å²) in [4.78, 5) is 1.68. The zero-order valence-corrected chi connectivity index (χ0v) is 10.3. The molecule has 0 aromatic rings. The Balaban J connectivity index is 4.06. The minimum Gasteiger partial charge on any atom is -0.301 e. The van der Waals surface area contributed by atoms with E-state index in [-0.39, 0.29) is 12.0 Å². The van der Waals surface area contributed by atoms with E-state index in [1.165, 1.54) is 0 Å². The van der Waals surface area contributed by atoms with Crippen molar-refractivity contribution >= 4 is 12.6 Å². The minimum atomic E-state index is -2.25. The second-order valence-corrected chi connectivity index (χ2v) is 5.22. The molecule has 1 atom stereocenters. The standard InChI is InChI=1S/C10H21F2NS/c1-10(2,3)8(7-14)5-13(4)6-9(11)12/h8-9,14H,5-7H2,1-4H3. The van der Waals surface area contributed by atoms with Crippen molar-refractivity contribution in [3.8, 4) is 0 Å². The first kappa shape index (κ1) is 14.2. The molecule has 0 aliphatic heterocycles. The van der Waals surface area contributed by atoms with E-state index in [0.717, 1.165) is 5.75 Å². The van der Waals surface area contributed by atoms with Gasteiger partial charge in [0.1, 0.15) is 0 Å². The molecule has 0 N–H and O–H groups in total. The Morgan fingerprint density at radius 3 is 2.00 bits per heavy atom. The van der Waals surface area contributed by atoms with Crippen LogP contribution in [0, 0.1) is 11.3 Å². The van der Waals surface area contributed by atoms with Crippen molar-refractivity contribution in [3.63, 3.8) is 0 Å². The molecule has 0 aliphatic rings. The van der Waals surface area contributed by atoms with E-state index < -0.39 is 6.43 Å². The number of halogens is 2. The monoisotopic (exact) mass is 225 g/mol. The van der Waals surface area contributed by atoms with Gasteiger partial charge in [0.15, 0.2) is 0 Å². The van der Waals surface area contributed by atoms with Crippen LogP contribution in [0.1, 0.15) is 20.8 Å². The van der Waals surface area contributed by atoms with Crippen LogP contribution < -0.4 is 0 Å². The molecule has 1 nitrogen and oxygen atoms in total. The third kappa shape index (κ3) is 5.81. The van der Waals surface area contributed by atoms with Gasteiger partial charge in [0.25, 0.3) is 6.43 Å². The molecule has 14 heavy (non-hydrogen) atoms. The lowest BCUT2D eigenvalue weighted by atomic mass is 9.81. The fourth-order valence-electron chi connectivity index (χ4n) is 1.29. The maximum absolute atomic E-state index is 12.1. The summed E-state index contributed by atoms with van der Waals surface area (Å²) in [5.74, 6) is 1.08. The van der Waals surface area contributed by atoms with Crippen LogP contribution in [0.3, 0.4) is 0 Å². The van der Waals surface area contributed by atoms with E-state index in [1.807, 2.05) is 0 Å². The van der Waals surface area contributed by atoms with Gasteiger partial charge in [-0.3, -0.25) is 0 Å². The van der Waals surface area contributed by atoms with Crippen molar-refractivity contribution < 1.29 is 8.78 Å². The van der Waals surface area contributed by atoms with Crippen LogP contribution in [0.5, 0.6) is 0 Å². The minimum absolute atomic E-state index is 0.123. The van der Waals surface area contributed by atoms with Crippen molar-refractivity contribution in [2.45, 2.75) is 27.2 Å². The van der Waals surface area contributed by atoms with E-state index in [0.29, 0.717) is 12.5 Å². The molecule has 0 heterocycles. The molecule has 0 fully saturated rings. The smallest absolute Gasteiger partial charge is 0.251 e. The van der Waals surface area contributed by atoms with Gasteiger partial charge in [-0.2, -0.15) is 12.6 Å². The molecule has 0 aliphatic carbocycles. The first-order chi connectivity index (χ1) is 6.27. The van der Waals surface area contributed by atoms with Crippen molar-refractivity contribution in [1.29, 1.82) is 0 Å². The maximum atomic E-state index is 12.1. The highest BCUT2D eigenvalue weighted by Crippen LogP contribution is 2.27. The van der Waals surface area contributed by atoms with Crippen LogP contribution in [0.4, 0.5) is 8.78 Å². The largest absolute Gasteiger partial charge is 0.301 e. The summed E-state index contributed by atoms with van der Waals surface area (Å²) < 4.78 is 24.2. The van der Waals surface area contributed by atoms with E-state index in [1.54, 1.807) is 11.9 Å². The van der Waals surface area contributed by atoms with E-state index in [9.17, 15) is 8.78 Å². The predicted molar refractivity (Wildman–Crippen MR) is 60.3 cm³/mol. The van der Waals surface area contributed by atoms with Gasteiger partial charge in [0.2, 0.25) is 0 Å². The Morgan fingerprint density at radius 1 is 1.21 bits per heavy atom. The Hall–Kier alpha value is 0.170. The average Bonchev–Trinajstić information content (AvgIpc) is 1.96. The second-order valence-electron chi connectivity index (χ2n) is 4.86. The summed E-state index contributed by atoms with van der Waals surface area (Å²) in [5.41, 5.74) is 0.123. The quantitative estimate of drug-likeness (QED) is 0.704. The summed E-state index contributed by atoms with van der Waals surface area (Å²) in [6, 6.07) is 0. The molecule has 4 heteroatoms. The third-order valence-corrected chi connectivity index (χ3v) is 2.87. The fourth-order valence-corrected chi connectivity index (χ4v) is 1.96. The Labute approximate surface area is 91.3 Å². The molecule has 1 unspecified atom stereocenters. The van der Waals surface area contributed by atoms with Gasteiger partial charge in [-0.1, -0.05) is 20.8 Å². The number of alkyl halides is 2. The molecule has 0 saturated heterocycles. The number of hydrogen-bond donors (Lipinski definition) is 1. The number of rotatable bonds is 5. The predicted octanol–water partition coefficient (Wildman–Crippen LogP) is 2.78. The molecule has 0 saturated carbocycles. The molecule has 0 aromatic carbocycles. The van der Waals surface area contributed by atoms with Gasteiger partial charge in [0.05, 0.1) is 6.54 Å². The summed E-state index contributed by atoms with van der Waals surface area (Å²) >= 11 is 4.26. The summed E-state index contributed by atoms with van der Waals surface area (Å²) in [6.07, 6.45) is -2.25. The molecular formula is C10H21F2NS. The zero-order valence-electron chi connectivity index (χ0n) is 9.43. The Morgan fingerprint density at radius 2 is 1.71 bits per heavy atom. The lowest BCUT2D eigenvalue weighted by Gasteiger charge is -2.32. The van der Waals surface area contributed by atoms with Gasteiger partial charge in [-0.05, 0) is 24.1 Å². The molecule has 0 amide bonds. The lowest BCUT2D eigenvalue weighted by Crippen LogP contribution is -2.36. The van der Waals surface area contributed by atoms with Crippen LogP contribution >= 0.6 is 12.6 Å². The highest BCUT2D eigenvalue weighted by Gasteiger charge is 2.25. The first-order valence-corrected chi connectivity index (χ1v) is 5.48. The Bertz CT molecular complexity index is 157. The van der Waals surface area contributed by atoms with E-state index >= 15 is 0 Å². The van der Waals surface area contributed by atoms with Gasteiger partial charge in [-0.15, -0.1) is 0 Å². The van der Waals surface area contributed by atoms with Crippen LogP contribution in [-0.2, 0) is 0 Å². The highest BCUT2D eigenvalue weighted by atomic mass is 32.1. The maximum Gasteiger partial charge on any atom is 0.251 e. The van der Waals surface area contributed by atoms with Crippen LogP contribution in [-0.4, -0.2) is 37.2 Å². The van der Waals surface area contributed by atoms with Crippen molar-refractivity contribution in [3.05, 3.63) is 0 Å². The molecule has 0 aromatic heterocycles. The van der Waals surface area contributed by atoms with E-state index in [4.69, 9.17) is 0 Å². The van der Waals surface area contributed by atoms with Crippen molar-refractivity contribution in [1.82, 2.24) is 4.90 Å². The third-order valence-electron chi connectivity index (χ3n) is 2.43. The van der Waals surface area contributed by atoms with Crippen LogP contribution in [0.2, 0.25) is 0 Å². The lowest BCUT2D eigenvalue weighted by molar-refractivity contribution is 0.0828. The zero-order chi connectivity index (χ0) is 11.4. The van der Waals surface area contributed by atoms with Gasteiger partial charge in [0, 0.05) is 6.54 Å². The van der Waals surface area contributed by atoms with Gasteiger partial charge < -0.3 is 4.90 Å². The number of hydrogen-bond acceptors (Lipinski definition) is 2. The van der Waals surface area contributed by atoms with Crippen molar-refractivity contribution in [2.24, 2.45) is 11.3 Å². The molecular weight excluding hydrogens is 204 g/mol. The van der Waals surface area contributed by atoms with Gasteiger partial charge >= 0.3 is 0 Å². The SMILES string of the molecule is CN(CC(F)F)CC(CS)C(C)(C)C.